The number of aromatic amines is 1. The highest BCUT2D eigenvalue weighted by Crippen LogP contribution is 2.34. The number of fused-ring (bicyclic) bond motifs is 1. The second-order valence-electron chi connectivity index (χ2n) is 8.78. The number of carbonyl (C=O) groups is 2. The van der Waals surface area contributed by atoms with Gasteiger partial charge in [-0.15, -0.1) is 0 Å². The number of aromatic nitrogens is 1. The van der Waals surface area contributed by atoms with Crippen molar-refractivity contribution in [2.45, 2.75) is 6.92 Å². The molecule has 1 heterocycles. The van der Waals surface area contributed by atoms with Crippen LogP contribution in [-0.2, 0) is 0 Å². The molecule has 4 aromatic carbocycles. The van der Waals surface area contributed by atoms with Crippen molar-refractivity contribution in [3.8, 4) is 22.6 Å². The Bertz CT molecular complexity index is 1790. The molecule has 0 spiro atoms. The van der Waals surface area contributed by atoms with Crippen molar-refractivity contribution >= 4 is 68.1 Å². The fourth-order valence-corrected chi connectivity index (χ4v) is 5.07. The number of rotatable bonds is 8. The molecule has 0 unspecified atom stereocenters. The number of nitrogens with one attached hydrogen (secondary N) is 2. The fraction of sp³-hybridized carbons (Fsp3) is 0.0645. The maximum absolute atomic E-state index is 13.2. The predicted molar refractivity (Wildman–Crippen MR) is 166 cm³/mol. The highest BCUT2D eigenvalue weighted by molar-refractivity contribution is 9.10. The van der Waals surface area contributed by atoms with E-state index in [1.807, 2.05) is 55.5 Å². The summed E-state index contributed by atoms with van der Waals surface area (Å²) < 4.78 is 12.1. The average molecular weight is 651 g/mol. The molecule has 0 saturated heterocycles. The van der Waals surface area contributed by atoms with E-state index in [9.17, 15) is 9.59 Å². The van der Waals surface area contributed by atoms with Crippen LogP contribution < -0.4 is 14.9 Å². The molecule has 0 aliphatic carbocycles. The van der Waals surface area contributed by atoms with E-state index in [0.29, 0.717) is 28.6 Å². The van der Waals surface area contributed by atoms with Crippen molar-refractivity contribution in [2.24, 2.45) is 5.10 Å². The van der Waals surface area contributed by atoms with Gasteiger partial charge in [-0.2, -0.15) is 5.10 Å². The molecule has 0 bridgehead atoms. The quantitative estimate of drug-likeness (QED) is 0.0765. The Labute approximate surface area is 254 Å². The summed E-state index contributed by atoms with van der Waals surface area (Å²) in [4.78, 5) is 29.2. The number of ether oxygens (including phenoxy) is 2. The van der Waals surface area contributed by atoms with Crippen LogP contribution in [0.4, 0.5) is 0 Å². The molecule has 1 aromatic heterocycles. The van der Waals surface area contributed by atoms with E-state index < -0.39 is 11.9 Å². The molecule has 7 nitrogen and oxygen atoms in total. The van der Waals surface area contributed by atoms with Crippen LogP contribution in [-0.4, -0.2) is 29.7 Å². The van der Waals surface area contributed by atoms with Gasteiger partial charge in [0.1, 0.15) is 5.69 Å². The standard InChI is InChI=1S/C31H22BrCl2N3O4/c1-2-40-27-14-18(8-13-26(27)41-31(39)22-11-10-21(33)16-24(22)34)17-35-37-30(38)29-28(19-6-4-3-5-7-19)23-15-20(32)9-12-25(23)36-29/h3-17,36H,2H2,1H3,(H,37,38). The zero-order valence-corrected chi connectivity index (χ0v) is 24.7. The molecule has 2 N–H and O–H groups in total. The van der Waals surface area contributed by atoms with Gasteiger partial charge in [0.15, 0.2) is 11.5 Å². The van der Waals surface area contributed by atoms with Gasteiger partial charge in [0, 0.05) is 26.0 Å². The second kappa shape index (κ2) is 12.6. The van der Waals surface area contributed by atoms with E-state index in [1.165, 1.54) is 18.3 Å². The van der Waals surface area contributed by atoms with Crippen molar-refractivity contribution in [1.29, 1.82) is 0 Å². The molecule has 0 saturated carbocycles. The van der Waals surface area contributed by atoms with Gasteiger partial charge in [0.05, 0.1) is 23.4 Å². The number of hydrogen-bond acceptors (Lipinski definition) is 5. The van der Waals surface area contributed by atoms with Gasteiger partial charge in [-0.05, 0) is 72.6 Å². The Balaban J connectivity index is 1.36. The molecule has 5 rings (SSSR count). The number of H-pyrrole nitrogens is 1. The van der Waals surface area contributed by atoms with Crippen molar-refractivity contribution < 1.29 is 19.1 Å². The van der Waals surface area contributed by atoms with Crippen LogP contribution in [0.15, 0.2) is 94.5 Å². The first-order chi connectivity index (χ1) is 19.8. The maximum atomic E-state index is 13.2. The maximum Gasteiger partial charge on any atom is 0.345 e. The lowest BCUT2D eigenvalue weighted by atomic mass is 10.0. The zero-order chi connectivity index (χ0) is 28.9. The zero-order valence-electron chi connectivity index (χ0n) is 21.6. The van der Waals surface area contributed by atoms with Crippen molar-refractivity contribution in [3.05, 3.63) is 116 Å². The number of hydrazone groups is 1. The third kappa shape index (κ3) is 6.46. The highest BCUT2D eigenvalue weighted by atomic mass is 79.9. The van der Waals surface area contributed by atoms with Gasteiger partial charge < -0.3 is 14.5 Å². The number of esters is 1. The minimum Gasteiger partial charge on any atom is -0.490 e. The van der Waals surface area contributed by atoms with Gasteiger partial charge >= 0.3 is 5.97 Å². The molecule has 41 heavy (non-hydrogen) atoms. The summed E-state index contributed by atoms with van der Waals surface area (Å²) in [6.07, 6.45) is 1.48. The third-order valence-electron chi connectivity index (χ3n) is 6.05. The van der Waals surface area contributed by atoms with Crippen molar-refractivity contribution in [2.75, 3.05) is 6.61 Å². The van der Waals surface area contributed by atoms with E-state index in [1.54, 1.807) is 24.3 Å². The summed E-state index contributed by atoms with van der Waals surface area (Å²) in [6, 6.07) is 24.9. The molecule has 1 amide bonds. The fourth-order valence-electron chi connectivity index (χ4n) is 4.23. The minimum absolute atomic E-state index is 0.172. The van der Waals surface area contributed by atoms with Crippen LogP contribution in [0.1, 0.15) is 33.3 Å². The van der Waals surface area contributed by atoms with Crippen molar-refractivity contribution in [1.82, 2.24) is 10.4 Å². The lowest BCUT2D eigenvalue weighted by Gasteiger charge is -2.12. The summed E-state index contributed by atoms with van der Waals surface area (Å²) >= 11 is 15.6. The van der Waals surface area contributed by atoms with Crippen LogP contribution in [0.3, 0.4) is 0 Å². The number of nitrogens with zero attached hydrogens (tertiary/aromatic N) is 1. The van der Waals surface area contributed by atoms with Gasteiger partial charge in [0.2, 0.25) is 0 Å². The van der Waals surface area contributed by atoms with E-state index in [2.05, 4.69) is 31.4 Å². The lowest BCUT2D eigenvalue weighted by molar-refractivity contribution is 0.0728. The van der Waals surface area contributed by atoms with Crippen LogP contribution in [0.2, 0.25) is 10.0 Å². The summed E-state index contributed by atoms with van der Waals surface area (Å²) in [6.45, 7) is 2.15. The summed E-state index contributed by atoms with van der Waals surface area (Å²) in [5.41, 5.74) is 6.28. The molecular formula is C31H22BrCl2N3O4. The summed E-state index contributed by atoms with van der Waals surface area (Å²) in [7, 11) is 0. The SMILES string of the molecule is CCOc1cc(C=NNC(=O)c2[nH]c3ccc(Br)cc3c2-c2ccccc2)ccc1OC(=O)c1ccc(Cl)cc1Cl. The van der Waals surface area contributed by atoms with E-state index in [-0.39, 0.29) is 16.3 Å². The molecule has 0 aliphatic rings. The smallest absolute Gasteiger partial charge is 0.345 e. The monoisotopic (exact) mass is 649 g/mol. The first kappa shape index (κ1) is 28.4. The van der Waals surface area contributed by atoms with Crippen LogP contribution in [0, 0.1) is 0 Å². The van der Waals surface area contributed by atoms with Gasteiger partial charge in [-0.1, -0.05) is 69.5 Å². The van der Waals surface area contributed by atoms with Crippen LogP contribution >= 0.6 is 39.1 Å². The molecule has 10 heteroatoms. The van der Waals surface area contributed by atoms with E-state index in [4.69, 9.17) is 32.7 Å². The highest BCUT2D eigenvalue weighted by Gasteiger charge is 2.20. The van der Waals surface area contributed by atoms with Gasteiger partial charge in [-0.3, -0.25) is 4.79 Å². The number of hydrogen-bond donors (Lipinski definition) is 2. The normalized spacial score (nSPS) is 11.1. The molecule has 0 atom stereocenters. The predicted octanol–water partition coefficient (Wildman–Crippen LogP) is 8.29. The number of amides is 1. The van der Waals surface area contributed by atoms with Crippen molar-refractivity contribution in [3.63, 3.8) is 0 Å². The molecule has 5 aromatic rings. The lowest BCUT2D eigenvalue weighted by Crippen LogP contribution is -2.18. The molecule has 0 radical (unpaired) electrons. The largest absolute Gasteiger partial charge is 0.490 e. The molecule has 0 fully saturated rings. The molecular weight excluding hydrogens is 629 g/mol. The molecule has 0 aliphatic heterocycles. The summed E-state index contributed by atoms with van der Waals surface area (Å²) in [5, 5.41) is 5.65. The first-order valence-corrected chi connectivity index (χ1v) is 14.0. The minimum atomic E-state index is -0.652. The topological polar surface area (TPSA) is 92.8 Å². The van der Waals surface area contributed by atoms with Crippen LogP contribution in [0.5, 0.6) is 11.5 Å². The van der Waals surface area contributed by atoms with Crippen LogP contribution in [0.25, 0.3) is 22.0 Å². The Hall–Kier alpha value is -4.11. The molecule has 206 valence electrons. The first-order valence-electron chi connectivity index (χ1n) is 12.5. The Kier molecular flexibility index (Phi) is 8.73. The Morgan fingerprint density at radius 1 is 0.976 bits per heavy atom. The van der Waals surface area contributed by atoms with Gasteiger partial charge in [-0.25, -0.2) is 10.2 Å². The third-order valence-corrected chi connectivity index (χ3v) is 7.09. The summed E-state index contributed by atoms with van der Waals surface area (Å²) in [5.74, 6) is -0.515. The Morgan fingerprint density at radius 2 is 1.78 bits per heavy atom. The van der Waals surface area contributed by atoms with E-state index >= 15 is 0 Å². The number of benzene rings is 4. The number of halogens is 3. The van der Waals surface area contributed by atoms with E-state index in [0.717, 1.165) is 26.5 Å². The Morgan fingerprint density at radius 3 is 2.54 bits per heavy atom. The number of carbonyl (C=O) groups excluding carboxylic acids is 2. The second-order valence-corrected chi connectivity index (χ2v) is 10.5. The average Bonchev–Trinajstić information content (AvgIpc) is 3.33. The van der Waals surface area contributed by atoms with Gasteiger partial charge in [0.25, 0.3) is 5.91 Å².